The molecule has 88 valence electrons. The molecular weight excluding hydrogens is 389 g/mol. The van der Waals surface area contributed by atoms with Crippen LogP contribution in [0.4, 0.5) is 0 Å². The molecule has 0 bridgehead atoms. The van der Waals surface area contributed by atoms with Gasteiger partial charge in [-0.05, 0) is 58.0 Å². The Hall–Kier alpha value is -0.390. The summed E-state index contributed by atoms with van der Waals surface area (Å²) in [5.41, 5.74) is 2.62. The minimum absolute atomic E-state index is 0.894. The highest BCUT2D eigenvalue weighted by Crippen LogP contribution is 2.11. The van der Waals surface area contributed by atoms with Gasteiger partial charge in [-0.3, -0.25) is 0 Å². The van der Waals surface area contributed by atoms with Crippen molar-refractivity contribution in [2.75, 3.05) is 0 Å². The molecule has 0 heterocycles. The summed E-state index contributed by atoms with van der Waals surface area (Å²) in [6, 6.07) is 17.0. The fraction of sp³-hybridized carbons (Fsp3) is 0.143. The van der Waals surface area contributed by atoms with E-state index in [0.29, 0.717) is 0 Å². The molecule has 0 amide bonds. The number of rotatable bonds is 4. The van der Waals surface area contributed by atoms with E-state index in [4.69, 9.17) is 0 Å². The van der Waals surface area contributed by atoms with E-state index in [1.54, 1.807) is 0 Å². The van der Waals surface area contributed by atoms with Crippen molar-refractivity contribution in [1.82, 2.24) is 5.32 Å². The van der Waals surface area contributed by atoms with Crippen LogP contribution in [-0.4, -0.2) is 0 Å². The zero-order valence-corrected chi connectivity index (χ0v) is 13.0. The standard InChI is InChI=1S/C14H13BrIN/c15-13-3-1-2-12(8-13)10-17-9-11-4-6-14(16)7-5-11/h1-8,17H,9-10H2. The van der Waals surface area contributed by atoms with Crippen molar-refractivity contribution in [2.45, 2.75) is 13.1 Å². The lowest BCUT2D eigenvalue weighted by Crippen LogP contribution is -2.12. The highest BCUT2D eigenvalue weighted by atomic mass is 127. The van der Waals surface area contributed by atoms with Crippen LogP contribution in [-0.2, 0) is 13.1 Å². The molecule has 2 aromatic carbocycles. The Bertz CT molecular complexity index is 482. The summed E-state index contributed by atoms with van der Waals surface area (Å²) >= 11 is 5.80. The van der Waals surface area contributed by atoms with E-state index in [1.165, 1.54) is 14.7 Å². The minimum atomic E-state index is 0.894. The Morgan fingerprint density at radius 2 is 1.65 bits per heavy atom. The molecule has 0 saturated carbocycles. The molecule has 2 aromatic rings. The molecule has 0 aliphatic heterocycles. The normalized spacial score (nSPS) is 10.5. The molecule has 0 unspecified atom stereocenters. The Balaban J connectivity index is 1.85. The van der Waals surface area contributed by atoms with Gasteiger partial charge >= 0.3 is 0 Å². The molecule has 0 fully saturated rings. The first-order chi connectivity index (χ1) is 8.24. The third-order valence-electron chi connectivity index (χ3n) is 2.46. The summed E-state index contributed by atoms with van der Waals surface area (Å²) in [4.78, 5) is 0. The lowest BCUT2D eigenvalue weighted by molar-refractivity contribution is 0.693. The van der Waals surface area contributed by atoms with Crippen molar-refractivity contribution in [3.8, 4) is 0 Å². The van der Waals surface area contributed by atoms with E-state index >= 15 is 0 Å². The third-order valence-corrected chi connectivity index (χ3v) is 3.67. The van der Waals surface area contributed by atoms with Gasteiger partial charge in [0, 0.05) is 21.1 Å². The molecule has 2 rings (SSSR count). The van der Waals surface area contributed by atoms with Crippen LogP contribution in [0.2, 0.25) is 0 Å². The maximum Gasteiger partial charge on any atom is 0.0209 e. The number of benzene rings is 2. The van der Waals surface area contributed by atoms with Gasteiger partial charge in [-0.15, -0.1) is 0 Å². The van der Waals surface area contributed by atoms with Crippen LogP contribution in [0.3, 0.4) is 0 Å². The van der Waals surface area contributed by atoms with Crippen LogP contribution >= 0.6 is 38.5 Å². The Morgan fingerprint density at radius 1 is 0.941 bits per heavy atom. The topological polar surface area (TPSA) is 12.0 Å². The van der Waals surface area contributed by atoms with Gasteiger partial charge in [0.15, 0.2) is 0 Å². The first-order valence-electron chi connectivity index (χ1n) is 5.43. The minimum Gasteiger partial charge on any atom is -0.309 e. The molecule has 0 aliphatic rings. The lowest BCUT2D eigenvalue weighted by atomic mass is 10.2. The van der Waals surface area contributed by atoms with Crippen molar-refractivity contribution in [1.29, 1.82) is 0 Å². The van der Waals surface area contributed by atoms with Crippen molar-refractivity contribution in [3.63, 3.8) is 0 Å². The van der Waals surface area contributed by atoms with Crippen molar-refractivity contribution >= 4 is 38.5 Å². The molecular formula is C14H13BrIN. The summed E-state index contributed by atoms with van der Waals surface area (Å²) < 4.78 is 2.41. The SMILES string of the molecule is Brc1cccc(CNCc2ccc(I)cc2)c1. The number of hydrogen-bond acceptors (Lipinski definition) is 1. The average molecular weight is 402 g/mol. The second-order valence-electron chi connectivity index (χ2n) is 3.86. The fourth-order valence-electron chi connectivity index (χ4n) is 1.60. The van der Waals surface area contributed by atoms with E-state index in [9.17, 15) is 0 Å². The summed E-state index contributed by atoms with van der Waals surface area (Å²) in [6.07, 6.45) is 0. The first-order valence-corrected chi connectivity index (χ1v) is 7.31. The molecule has 1 nitrogen and oxygen atoms in total. The molecule has 3 heteroatoms. The second-order valence-corrected chi connectivity index (χ2v) is 6.02. The van der Waals surface area contributed by atoms with Crippen molar-refractivity contribution in [3.05, 3.63) is 67.7 Å². The van der Waals surface area contributed by atoms with Gasteiger partial charge in [0.1, 0.15) is 0 Å². The maximum absolute atomic E-state index is 3.48. The average Bonchev–Trinajstić information content (AvgIpc) is 2.32. The van der Waals surface area contributed by atoms with Crippen LogP contribution in [0.1, 0.15) is 11.1 Å². The predicted octanol–water partition coefficient (Wildman–Crippen LogP) is 4.34. The molecule has 0 spiro atoms. The van der Waals surface area contributed by atoms with Crippen LogP contribution in [0.15, 0.2) is 53.0 Å². The van der Waals surface area contributed by atoms with Gasteiger partial charge < -0.3 is 5.32 Å². The van der Waals surface area contributed by atoms with Crippen molar-refractivity contribution < 1.29 is 0 Å². The lowest BCUT2D eigenvalue weighted by Gasteiger charge is -2.05. The number of halogens is 2. The highest BCUT2D eigenvalue weighted by molar-refractivity contribution is 14.1. The Morgan fingerprint density at radius 3 is 2.35 bits per heavy atom. The van der Waals surface area contributed by atoms with E-state index < -0.39 is 0 Å². The fourth-order valence-corrected chi connectivity index (χ4v) is 2.41. The van der Waals surface area contributed by atoms with Gasteiger partial charge in [0.2, 0.25) is 0 Å². The van der Waals surface area contributed by atoms with Gasteiger partial charge in [-0.1, -0.05) is 40.2 Å². The summed E-state index contributed by atoms with van der Waals surface area (Å²) in [5, 5.41) is 3.44. The maximum atomic E-state index is 3.48. The van der Waals surface area contributed by atoms with E-state index in [0.717, 1.165) is 17.6 Å². The van der Waals surface area contributed by atoms with Gasteiger partial charge in [0.25, 0.3) is 0 Å². The zero-order chi connectivity index (χ0) is 12.1. The molecule has 0 aromatic heterocycles. The summed E-state index contributed by atoms with van der Waals surface area (Å²) in [6.45, 7) is 1.80. The van der Waals surface area contributed by atoms with Gasteiger partial charge in [0.05, 0.1) is 0 Å². The first kappa shape index (κ1) is 13.1. The molecule has 1 N–H and O–H groups in total. The number of nitrogens with one attached hydrogen (secondary N) is 1. The highest BCUT2D eigenvalue weighted by Gasteiger charge is 1.95. The zero-order valence-electron chi connectivity index (χ0n) is 9.29. The Labute approximate surface area is 124 Å². The van der Waals surface area contributed by atoms with Crippen LogP contribution in [0.25, 0.3) is 0 Å². The van der Waals surface area contributed by atoms with Crippen LogP contribution < -0.4 is 5.32 Å². The third kappa shape index (κ3) is 4.41. The molecule has 0 aliphatic carbocycles. The van der Waals surface area contributed by atoms with Gasteiger partial charge in [-0.25, -0.2) is 0 Å². The summed E-state index contributed by atoms with van der Waals surface area (Å²) in [7, 11) is 0. The largest absolute Gasteiger partial charge is 0.309 e. The quantitative estimate of drug-likeness (QED) is 0.751. The predicted molar refractivity (Wildman–Crippen MR) is 83.8 cm³/mol. The van der Waals surface area contributed by atoms with E-state index in [2.05, 4.69) is 86.3 Å². The van der Waals surface area contributed by atoms with Crippen LogP contribution in [0, 0.1) is 3.57 Å². The van der Waals surface area contributed by atoms with Crippen LogP contribution in [0.5, 0.6) is 0 Å². The van der Waals surface area contributed by atoms with E-state index in [1.807, 2.05) is 6.07 Å². The van der Waals surface area contributed by atoms with E-state index in [-0.39, 0.29) is 0 Å². The smallest absolute Gasteiger partial charge is 0.0209 e. The molecule has 0 radical (unpaired) electrons. The molecule has 0 saturated heterocycles. The summed E-state index contributed by atoms with van der Waals surface area (Å²) in [5.74, 6) is 0. The van der Waals surface area contributed by atoms with Crippen molar-refractivity contribution in [2.24, 2.45) is 0 Å². The second kappa shape index (κ2) is 6.52. The monoisotopic (exact) mass is 401 g/mol. The molecule has 17 heavy (non-hydrogen) atoms. The van der Waals surface area contributed by atoms with Gasteiger partial charge in [-0.2, -0.15) is 0 Å². The Kier molecular flexibility index (Phi) is 5.00. The number of hydrogen-bond donors (Lipinski definition) is 1. The molecule has 0 atom stereocenters.